The second kappa shape index (κ2) is 6.10. The minimum atomic E-state index is -0.881. The lowest BCUT2D eigenvalue weighted by atomic mass is 9.72. The molecule has 0 bridgehead atoms. The van der Waals surface area contributed by atoms with Crippen molar-refractivity contribution < 1.29 is 8.60 Å². The van der Waals surface area contributed by atoms with Crippen LogP contribution in [0.1, 0.15) is 36.5 Å². The first-order valence-corrected chi connectivity index (χ1v) is 10.4. The molecule has 1 saturated carbocycles. The van der Waals surface area contributed by atoms with Crippen LogP contribution in [0.25, 0.3) is 10.9 Å². The highest BCUT2D eigenvalue weighted by Crippen LogP contribution is 2.52. The molecule has 1 aliphatic rings. The number of para-hydroxylation sites is 1. The number of halogens is 1. The van der Waals surface area contributed by atoms with E-state index < -0.39 is 10.8 Å². The van der Waals surface area contributed by atoms with Crippen LogP contribution in [-0.2, 0) is 22.0 Å². The maximum absolute atomic E-state index is 13.4. The minimum Gasteiger partial charge on any atom is -0.361 e. The van der Waals surface area contributed by atoms with Crippen LogP contribution in [-0.4, -0.2) is 15.4 Å². The Kier molecular flexibility index (Phi) is 4.03. The average Bonchev–Trinajstić information content (AvgIpc) is 3.34. The van der Waals surface area contributed by atoms with Gasteiger partial charge in [0.25, 0.3) is 0 Å². The fourth-order valence-corrected chi connectivity index (χ4v) is 4.73. The van der Waals surface area contributed by atoms with Gasteiger partial charge >= 0.3 is 0 Å². The molecule has 0 aliphatic heterocycles. The molecule has 0 amide bonds. The first kappa shape index (κ1) is 16.5. The molecule has 1 aromatic heterocycles. The van der Waals surface area contributed by atoms with Crippen LogP contribution in [0.5, 0.6) is 0 Å². The molecule has 3 aromatic rings. The molecule has 4 rings (SSSR count). The largest absolute Gasteiger partial charge is 0.361 e. The Labute approximate surface area is 149 Å². The van der Waals surface area contributed by atoms with E-state index in [9.17, 15) is 8.60 Å². The van der Waals surface area contributed by atoms with Crippen LogP contribution in [0.2, 0.25) is 0 Å². The zero-order chi connectivity index (χ0) is 17.6. The topological polar surface area (TPSA) is 32.9 Å². The molecule has 130 valence electrons. The number of fused-ring (bicyclic) bond motifs is 1. The van der Waals surface area contributed by atoms with Crippen molar-refractivity contribution in [3.8, 4) is 0 Å². The van der Waals surface area contributed by atoms with Crippen LogP contribution >= 0.6 is 0 Å². The van der Waals surface area contributed by atoms with Gasteiger partial charge in [-0.15, -0.1) is 0 Å². The van der Waals surface area contributed by atoms with Crippen molar-refractivity contribution in [2.45, 2.75) is 30.9 Å². The van der Waals surface area contributed by atoms with E-state index in [1.165, 1.54) is 23.8 Å². The van der Waals surface area contributed by atoms with Gasteiger partial charge in [-0.3, -0.25) is 4.21 Å². The highest BCUT2D eigenvalue weighted by molar-refractivity contribution is 7.83. The molecule has 4 heteroatoms. The third-order valence-electron chi connectivity index (χ3n) is 5.56. The molecule has 2 aromatic carbocycles. The van der Waals surface area contributed by atoms with E-state index in [2.05, 4.69) is 24.2 Å². The molecular weight excluding hydrogens is 333 g/mol. The van der Waals surface area contributed by atoms with Crippen LogP contribution in [0.15, 0.2) is 48.7 Å². The van der Waals surface area contributed by atoms with Gasteiger partial charge in [0.1, 0.15) is 5.82 Å². The monoisotopic (exact) mass is 355 g/mol. The third kappa shape index (κ3) is 2.82. The smallest absolute Gasteiger partial charge is 0.123 e. The summed E-state index contributed by atoms with van der Waals surface area (Å²) < 4.78 is 25.1. The molecule has 0 saturated heterocycles. The van der Waals surface area contributed by atoms with Crippen molar-refractivity contribution >= 4 is 21.7 Å². The Morgan fingerprint density at radius 1 is 1.20 bits per heavy atom. The number of benzene rings is 2. The molecular formula is C21H22FNOS. The van der Waals surface area contributed by atoms with Crippen molar-refractivity contribution in [2.75, 3.05) is 6.26 Å². The van der Waals surface area contributed by atoms with Gasteiger partial charge in [-0.25, -0.2) is 4.39 Å². The fourth-order valence-electron chi connectivity index (χ4n) is 4.05. The zero-order valence-electron chi connectivity index (χ0n) is 14.5. The van der Waals surface area contributed by atoms with Gasteiger partial charge in [0.15, 0.2) is 0 Å². The Morgan fingerprint density at radius 2 is 1.92 bits per heavy atom. The van der Waals surface area contributed by atoms with Crippen LogP contribution in [0.4, 0.5) is 4.39 Å². The first-order valence-electron chi connectivity index (χ1n) is 8.65. The van der Waals surface area contributed by atoms with Gasteiger partial charge in [-0.2, -0.15) is 0 Å². The summed E-state index contributed by atoms with van der Waals surface area (Å²) in [4.78, 5) is 3.42. The maximum atomic E-state index is 13.4. The number of aromatic amines is 1. The van der Waals surface area contributed by atoms with Gasteiger partial charge < -0.3 is 4.98 Å². The van der Waals surface area contributed by atoms with E-state index in [0.717, 1.165) is 16.6 Å². The van der Waals surface area contributed by atoms with Gasteiger partial charge in [-0.05, 0) is 47.6 Å². The summed E-state index contributed by atoms with van der Waals surface area (Å²) in [6, 6.07) is 13.1. The Balaban J connectivity index is 1.89. The Bertz CT molecular complexity index is 942. The quantitative estimate of drug-likeness (QED) is 0.694. The van der Waals surface area contributed by atoms with Crippen molar-refractivity contribution in [1.29, 1.82) is 0 Å². The Hall–Kier alpha value is -1.94. The van der Waals surface area contributed by atoms with E-state index in [4.69, 9.17) is 0 Å². The summed E-state index contributed by atoms with van der Waals surface area (Å²) >= 11 is 0. The number of rotatable bonds is 5. The predicted octanol–water partition coefficient (Wildman–Crippen LogP) is 4.90. The number of nitrogens with one attached hydrogen (secondary N) is 1. The third-order valence-corrected chi connectivity index (χ3v) is 6.28. The van der Waals surface area contributed by atoms with Crippen molar-refractivity contribution in [2.24, 2.45) is 5.92 Å². The van der Waals surface area contributed by atoms with Crippen molar-refractivity contribution in [3.05, 3.63) is 71.2 Å². The molecule has 1 fully saturated rings. The normalized spacial score (nSPS) is 18.2. The second-order valence-corrected chi connectivity index (χ2v) is 8.68. The number of hydrogen-bond acceptors (Lipinski definition) is 1. The lowest BCUT2D eigenvalue weighted by Gasteiger charge is -2.30. The number of H-pyrrole nitrogens is 1. The molecule has 2 atom stereocenters. The van der Waals surface area contributed by atoms with E-state index in [0.29, 0.717) is 11.7 Å². The van der Waals surface area contributed by atoms with Crippen LogP contribution in [0.3, 0.4) is 0 Å². The van der Waals surface area contributed by atoms with E-state index in [-0.39, 0.29) is 11.2 Å². The SMILES string of the molecule is CS(=O)Cc1cccc2c(C(C)(c3ccc(F)cc3)C3CC3)c[nH]c12. The van der Waals surface area contributed by atoms with E-state index in [1.807, 2.05) is 24.3 Å². The Morgan fingerprint density at radius 3 is 2.56 bits per heavy atom. The number of hydrogen-bond donors (Lipinski definition) is 1. The maximum Gasteiger partial charge on any atom is 0.123 e. The molecule has 1 aliphatic carbocycles. The summed E-state index contributed by atoms with van der Waals surface area (Å²) in [5, 5.41) is 1.18. The minimum absolute atomic E-state index is 0.143. The van der Waals surface area contributed by atoms with E-state index in [1.54, 1.807) is 18.4 Å². The molecule has 2 nitrogen and oxygen atoms in total. The van der Waals surface area contributed by atoms with Gasteiger partial charge in [0.05, 0.1) is 5.75 Å². The molecule has 1 heterocycles. The van der Waals surface area contributed by atoms with Gasteiger partial charge in [0.2, 0.25) is 0 Å². The molecule has 2 unspecified atom stereocenters. The molecule has 25 heavy (non-hydrogen) atoms. The van der Waals surface area contributed by atoms with E-state index >= 15 is 0 Å². The summed E-state index contributed by atoms with van der Waals surface area (Å²) in [5.74, 6) is 0.919. The summed E-state index contributed by atoms with van der Waals surface area (Å²) in [5.41, 5.74) is 4.42. The second-order valence-electron chi connectivity index (χ2n) is 7.24. The van der Waals surface area contributed by atoms with Crippen molar-refractivity contribution in [1.82, 2.24) is 4.98 Å². The summed E-state index contributed by atoms with van der Waals surface area (Å²) in [7, 11) is -0.881. The number of aromatic nitrogens is 1. The first-order chi connectivity index (χ1) is 12.0. The van der Waals surface area contributed by atoms with Gasteiger partial charge in [-0.1, -0.05) is 37.3 Å². The fraction of sp³-hybridized carbons (Fsp3) is 0.333. The molecule has 1 N–H and O–H groups in total. The predicted molar refractivity (Wildman–Crippen MR) is 102 cm³/mol. The van der Waals surface area contributed by atoms with Crippen LogP contribution in [0, 0.1) is 11.7 Å². The summed E-state index contributed by atoms with van der Waals surface area (Å²) in [6.07, 6.45) is 6.21. The lowest BCUT2D eigenvalue weighted by molar-refractivity contribution is 0.497. The standard InChI is InChI=1S/C21H22FNOS/c1-21(15-6-7-15,16-8-10-17(22)11-9-16)19-12-23-20-14(13-25(2)24)4-3-5-18(19)20/h3-5,8-12,15,23H,6-7,13H2,1-2H3. The highest BCUT2D eigenvalue weighted by atomic mass is 32.2. The highest BCUT2D eigenvalue weighted by Gasteiger charge is 2.45. The van der Waals surface area contributed by atoms with Gasteiger partial charge in [0, 0.05) is 39.6 Å². The zero-order valence-corrected chi connectivity index (χ0v) is 15.3. The lowest BCUT2D eigenvalue weighted by Crippen LogP contribution is -2.26. The molecule has 0 spiro atoms. The van der Waals surface area contributed by atoms with Crippen LogP contribution < -0.4 is 0 Å². The average molecular weight is 355 g/mol. The van der Waals surface area contributed by atoms with Crippen molar-refractivity contribution in [3.63, 3.8) is 0 Å². The molecule has 0 radical (unpaired) electrons. The summed E-state index contributed by atoms with van der Waals surface area (Å²) in [6.45, 7) is 2.27.